The second-order valence-corrected chi connectivity index (χ2v) is 9.89. The first kappa shape index (κ1) is 41.2. The van der Waals surface area contributed by atoms with E-state index in [0.717, 1.165) is 17.5 Å². The number of carboxylic acids is 2. The largest absolute Gasteiger partial charge is 0.490 e. The molecule has 2 rings (SSSR count). The molecule has 0 bridgehead atoms. The van der Waals surface area contributed by atoms with Crippen LogP contribution in [0.15, 0.2) is 36.5 Å². The molecule has 45 heavy (non-hydrogen) atoms. The maximum absolute atomic E-state index is 13.0. The molecule has 0 aliphatic heterocycles. The SMILES string of the molecule is CCC(C)[C@@H](NC)C(=O)N[C@@H](Cc1ccc(Cl)c(Cl)c1)C(=O)NCc1ccc(N)nc1.O=C(O)C(F)(F)F.O=C(O)C(F)(F)F. The van der Waals surface area contributed by atoms with E-state index in [1.165, 1.54) is 0 Å². The number of halogens is 8. The standard InChI is InChI=1S/C22H29Cl2N5O2.2C2HF3O2/c1-4-13(2)20(26-3)22(31)29-18(10-14-5-7-16(23)17(24)9-14)21(30)28-12-15-6-8-19(25)27-11-15;2*3-2(4,5)1(6)7/h5-9,11,13,18,20,26H,4,10,12H2,1-3H3,(H2,25,27)(H,28,30)(H,29,31);2*(H,6,7)/t13?,18-,20+;;/m0../s1. The van der Waals surface area contributed by atoms with E-state index in [0.29, 0.717) is 15.9 Å². The van der Waals surface area contributed by atoms with E-state index in [-0.39, 0.29) is 30.7 Å². The summed E-state index contributed by atoms with van der Waals surface area (Å²) >= 11 is 12.1. The predicted octanol–water partition coefficient (Wildman–Crippen LogP) is 4.22. The number of nitrogens with two attached hydrogens (primary N) is 1. The summed E-state index contributed by atoms with van der Waals surface area (Å²) in [5.74, 6) is -5.54. The van der Waals surface area contributed by atoms with Gasteiger partial charge in [0.2, 0.25) is 11.8 Å². The lowest BCUT2D eigenvalue weighted by Gasteiger charge is -2.25. The molecule has 0 aliphatic carbocycles. The smallest absolute Gasteiger partial charge is 0.475 e. The second kappa shape index (κ2) is 18.9. The number of aliphatic carboxylic acids is 2. The summed E-state index contributed by atoms with van der Waals surface area (Å²) in [5.41, 5.74) is 7.19. The van der Waals surface area contributed by atoms with E-state index >= 15 is 0 Å². The minimum Gasteiger partial charge on any atom is -0.475 e. The van der Waals surface area contributed by atoms with Gasteiger partial charge in [-0.1, -0.05) is 55.6 Å². The van der Waals surface area contributed by atoms with Gasteiger partial charge in [0, 0.05) is 19.2 Å². The third kappa shape index (κ3) is 16.2. The van der Waals surface area contributed by atoms with E-state index < -0.39 is 36.4 Å². The summed E-state index contributed by atoms with van der Waals surface area (Å²) in [6, 6.07) is 7.42. The Morgan fingerprint density at radius 1 is 0.911 bits per heavy atom. The Bertz CT molecular complexity index is 1260. The van der Waals surface area contributed by atoms with Crippen LogP contribution in [-0.2, 0) is 32.1 Å². The molecule has 11 nitrogen and oxygen atoms in total. The fourth-order valence-corrected chi connectivity index (χ4v) is 3.46. The average molecular weight is 694 g/mol. The quantitative estimate of drug-likeness (QED) is 0.198. The van der Waals surface area contributed by atoms with Crippen molar-refractivity contribution in [3.8, 4) is 0 Å². The van der Waals surface area contributed by atoms with Gasteiger partial charge in [-0.2, -0.15) is 26.3 Å². The molecule has 0 spiro atoms. The molecule has 1 unspecified atom stereocenters. The van der Waals surface area contributed by atoms with Gasteiger partial charge < -0.3 is 31.9 Å². The van der Waals surface area contributed by atoms with E-state index in [1.54, 1.807) is 43.6 Å². The van der Waals surface area contributed by atoms with Gasteiger partial charge in [-0.3, -0.25) is 9.59 Å². The first-order valence-electron chi connectivity index (χ1n) is 12.6. The van der Waals surface area contributed by atoms with Crippen LogP contribution in [0.2, 0.25) is 10.0 Å². The molecule has 1 aromatic carbocycles. The molecule has 0 aliphatic rings. The Morgan fingerprint density at radius 2 is 1.42 bits per heavy atom. The Kier molecular flexibility index (Phi) is 17.3. The number of benzene rings is 1. The van der Waals surface area contributed by atoms with Crippen LogP contribution in [0.1, 0.15) is 31.4 Å². The predicted molar refractivity (Wildman–Crippen MR) is 152 cm³/mol. The van der Waals surface area contributed by atoms with Crippen molar-refractivity contribution in [3.05, 3.63) is 57.7 Å². The molecule has 19 heteroatoms. The lowest BCUT2D eigenvalue weighted by Crippen LogP contribution is -2.54. The minimum absolute atomic E-state index is 0.111. The second-order valence-electron chi connectivity index (χ2n) is 9.08. The molecule has 0 saturated heterocycles. The van der Waals surface area contributed by atoms with E-state index in [9.17, 15) is 35.9 Å². The number of alkyl halides is 6. The van der Waals surface area contributed by atoms with Crippen LogP contribution in [0.25, 0.3) is 0 Å². The number of rotatable bonds is 10. The van der Waals surface area contributed by atoms with Gasteiger partial charge >= 0.3 is 24.3 Å². The summed E-state index contributed by atoms with van der Waals surface area (Å²) in [4.78, 5) is 47.7. The zero-order valence-corrected chi connectivity index (χ0v) is 25.4. The van der Waals surface area contributed by atoms with Crippen LogP contribution in [0.3, 0.4) is 0 Å². The van der Waals surface area contributed by atoms with Crippen LogP contribution in [-0.4, -0.2) is 70.4 Å². The maximum atomic E-state index is 13.0. The number of nitrogen functional groups attached to an aromatic ring is 1. The van der Waals surface area contributed by atoms with Gasteiger partial charge in [-0.05, 0) is 42.3 Å². The average Bonchev–Trinajstić information content (AvgIpc) is 2.94. The highest BCUT2D eigenvalue weighted by Crippen LogP contribution is 2.23. The number of hydrogen-bond acceptors (Lipinski definition) is 7. The lowest BCUT2D eigenvalue weighted by molar-refractivity contribution is -0.193. The number of likely N-dealkylation sites (N-methyl/N-ethyl adjacent to an activating group) is 1. The van der Waals surface area contributed by atoms with Gasteiger partial charge in [0.25, 0.3) is 0 Å². The van der Waals surface area contributed by atoms with Crippen LogP contribution in [0.5, 0.6) is 0 Å². The summed E-state index contributed by atoms with van der Waals surface area (Å²) < 4.78 is 63.5. The normalized spacial score (nSPS) is 13.0. The molecule has 3 atom stereocenters. The van der Waals surface area contributed by atoms with Gasteiger partial charge in [-0.25, -0.2) is 14.6 Å². The van der Waals surface area contributed by atoms with E-state index in [1.807, 2.05) is 13.8 Å². The molecular formula is C26H31Cl2F6N5O6. The monoisotopic (exact) mass is 693 g/mol. The topological polar surface area (TPSA) is 184 Å². The Hall–Kier alpha value is -3.83. The number of anilines is 1. The third-order valence-corrected chi connectivity index (χ3v) is 6.40. The summed E-state index contributed by atoms with van der Waals surface area (Å²) in [5, 5.41) is 23.9. The van der Waals surface area contributed by atoms with Crippen molar-refractivity contribution in [2.45, 2.75) is 57.7 Å². The van der Waals surface area contributed by atoms with Crippen molar-refractivity contribution in [1.29, 1.82) is 0 Å². The lowest BCUT2D eigenvalue weighted by atomic mass is 9.97. The number of aromatic nitrogens is 1. The molecule has 0 saturated carbocycles. The molecule has 2 aromatic rings. The summed E-state index contributed by atoms with van der Waals surface area (Å²) in [6.07, 6.45) is -7.47. The first-order valence-corrected chi connectivity index (χ1v) is 13.4. The summed E-state index contributed by atoms with van der Waals surface area (Å²) in [6.45, 7) is 4.27. The molecule has 1 heterocycles. The molecule has 1 aromatic heterocycles. The van der Waals surface area contributed by atoms with Crippen LogP contribution in [0.4, 0.5) is 32.2 Å². The van der Waals surface area contributed by atoms with Crippen molar-refractivity contribution < 1.29 is 55.7 Å². The maximum Gasteiger partial charge on any atom is 0.490 e. The summed E-state index contributed by atoms with van der Waals surface area (Å²) in [7, 11) is 1.73. The zero-order chi connectivity index (χ0) is 35.1. The molecule has 0 fully saturated rings. The molecule has 2 amide bonds. The van der Waals surface area contributed by atoms with Gasteiger partial charge in [0.1, 0.15) is 11.9 Å². The number of hydrogen-bond donors (Lipinski definition) is 6. The Labute approximate surface area is 263 Å². The molecule has 7 N–H and O–H groups in total. The number of carboxylic acid groups (broad SMARTS) is 2. The highest BCUT2D eigenvalue weighted by atomic mass is 35.5. The fourth-order valence-electron chi connectivity index (χ4n) is 3.14. The number of carbonyl (C=O) groups excluding carboxylic acids is 2. The van der Waals surface area contributed by atoms with Crippen LogP contribution >= 0.6 is 23.2 Å². The number of carbonyl (C=O) groups is 4. The zero-order valence-electron chi connectivity index (χ0n) is 23.9. The van der Waals surface area contributed by atoms with Crippen LogP contribution in [0, 0.1) is 5.92 Å². The Balaban J connectivity index is 0.00000114. The Morgan fingerprint density at radius 3 is 1.82 bits per heavy atom. The van der Waals surface area contributed by atoms with Crippen molar-refractivity contribution in [3.63, 3.8) is 0 Å². The van der Waals surface area contributed by atoms with Gasteiger partial charge in [-0.15, -0.1) is 0 Å². The molecule has 0 radical (unpaired) electrons. The highest BCUT2D eigenvalue weighted by molar-refractivity contribution is 6.42. The van der Waals surface area contributed by atoms with Gasteiger partial charge in [0.05, 0.1) is 16.1 Å². The number of nitrogens with one attached hydrogen (secondary N) is 3. The number of pyridine rings is 1. The van der Waals surface area contributed by atoms with Crippen molar-refractivity contribution in [1.82, 2.24) is 20.9 Å². The van der Waals surface area contributed by atoms with Gasteiger partial charge in [0.15, 0.2) is 0 Å². The minimum atomic E-state index is -5.08. The van der Waals surface area contributed by atoms with E-state index in [2.05, 4.69) is 20.9 Å². The number of amides is 2. The highest BCUT2D eigenvalue weighted by Gasteiger charge is 2.39. The third-order valence-electron chi connectivity index (χ3n) is 5.66. The fraction of sp³-hybridized carbons (Fsp3) is 0.423. The van der Waals surface area contributed by atoms with Crippen molar-refractivity contribution in [2.24, 2.45) is 5.92 Å². The van der Waals surface area contributed by atoms with E-state index in [4.69, 9.17) is 48.7 Å². The van der Waals surface area contributed by atoms with Crippen molar-refractivity contribution in [2.75, 3.05) is 12.8 Å². The van der Waals surface area contributed by atoms with Crippen molar-refractivity contribution >= 4 is 52.8 Å². The molecular weight excluding hydrogens is 663 g/mol. The molecule has 252 valence electrons. The first-order chi connectivity index (χ1) is 20.6. The number of nitrogens with zero attached hydrogens (tertiary/aromatic N) is 1. The van der Waals surface area contributed by atoms with Crippen LogP contribution < -0.4 is 21.7 Å².